The maximum absolute atomic E-state index is 4.49. The summed E-state index contributed by atoms with van der Waals surface area (Å²) in [6.45, 7) is 4.19. The third kappa shape index (κ3) is 2.39. The van der Waals surface area contributed by atoms with E-state index in [2.05, 4.69) is 58.7 Å². The van der Waals surface area contributed by atoms with Gasteiger partial charge in [-0.25, -0.2) is 4.98 Å². The second-order valence-corrected chi connectivity index (χ2v) is 5.61. The molecule has 0 bridgehead atoms. The molecule has 2 aromatic heterocycles. The SMILES string of the molecule is Cc1ccc2ncc3ncn(CCCN(C)C)c3c2c1. The Morgan fingerprint density at radius 2 is 2.00 bits per heavy atom. The summed E-state index contributed by atoms with van der Waals surface area (Å²) in [7, 11) is 4.21. The van der Waals surface area contributed by atoms with Gasteiger partial charge in [-0.05, 0) is 46.1 Å². The van der Waals surface area contributed by atoms with Crippen LogP contribution in [0.4, 0.5) is 0 Å². The maximum Gasteiger partial charge on any atom is 0.107 e. The third-order valence-corrected chi connectivity index (χ3v) is 3.60. The van der Waals surface area contributed by atoms with Crippen molar-refractivity contribution in [3.8, 4) is 0 Å². The van der Waals surface area contributed by atoms with Crippen LogP contribution in [0.25, 0.3) is 21.9 Å². The number of aryl methyl sites for hydroxylation is 2. The van der Waals surface area contributed by atoms with Gasteiger partial charge in [0.1, 0.15) is 5.52 Å². The topological polar surface area (TPSA) is 34.0 Å². The Hall–Kier alpha value is -1.94. The van der Waals surface area contributed by atoms with E-state index in [-0.39, 0.29) is 0 Å². The molecule has 4 heteroatoms. The van der Waals surface area contributed by atoms with Crippen LogP contribution in [0.1, 0.15) is 12.0 Å². The lowest BCUT2D eigenvalue weighted by atomic mass is 10.1. The molecule has 0 N–H and O–H groups in total. The van der Waals surface area contributed by atoms with Gasteiger partial charge in [0.25, 0.3) is 0 Å². The van der Waals surface area contributed by atoms with Crippen LogP contribution in [-0.4, -0.2) is 40.1 Å². The monoisotopic (exact) mass is 268 g/mol. The van der Waals surface area contributed by atoms with Crippen molar-refractivity contribution in [3.63, 3.8) is 0 Å². The average Bonchev–Trinajstić information content (AvgIpc) is 2.82. The molecule has 0 saturated heterocycles. The molecule has 0 amide bonds. The highest BCUT2D eigenvalue weighted by atomic mass is 15.1. The predicted octanol–water partition coefficient (Wildman–Crippen LogP) is 2.84. The van der Waals surface area contributed by atoms with Crippen molar-refractivity contribution in [1.82, 2.24) is 19.4 Å². The Morgan fingerprint density at radius 1 is 1.15 bits per heavy atom. The zero-order valence-electron chi connectivity index (χ0n) is 12.3. The Kier molecular flexibility index (Phi) is 3.40. The fraction of sp³-hybridized carbons (Fsp3) is 0.375. The van der Waals surface area contributed by atoms with E-state index in [4.69, 9.17) is 0 Å². The number of pyridine rings is 1. The molecule has 0 aliphatic rings. The van der Waals surface area contributed by atoms with E-state index in [9.17, 15) is 0 Å². The van der Waals surface area contributed by atoms with Gasteiger partial charge in [0.15, 0.2) is 0 Å². The highest BCUT2D eigenvalue weighted by molar-refractivity contribution is 6.02. The number of rotatable bonds is 4. The van der Waals surface area contributed by atoms with Crippen LogP contribution in [0.5, 0.6) is 0 Å². The quantitative estimate of drug-likeness (QED) is 0.729. The van der Waals surface area contributed by atoms with E-state index in [1.807, 2.05) is 12.5 Å². The first-order chi connectivity index (χ1) is 9.65. The minimum Gasteiger partial charge on any atom is -0.330 e. The molecule has 4 nitrogen and oxygen atoms in total. The largest absolute Gasteiger partial charge is 0.330 e. The molecule has 1 aromatic carbocycles. The van der Waals surface area contributed by atoms with Gasteiger partial charge in [-0.15, -0.1) is 0 Å². The predicted molar refractivity (Wildman–Crippen MR) is 82.9 cm³/mol. The van der Waals surface area contributed by atoms with Crippen molar-refractivity contribution in [2.24, 2.45) is 0 Å². The van der Waals surface area contributed by atoms with E-state index < -0.39 is 0 Å². The average molecular weight is 268 g/mol. The molecule has 3 rings (SSSR count). The van der Waals surface area contributed by atoms with Crippen LogP contribution in [0.15, 0.2) is 30.7 Å². The maximum atomic E-state index is 4.49. The lowest BCUT2D eigenvalue weighted by Crippen LogP contribution is -2.14. The zero-order chi connectivity index (χ0) is 14.1. The molecule has 0 saturated carbocycles. The zero-order valence-corrected chi connectivity index (χ0v) is 12.3. The Balaban J connectivity index is 2.06. The molecule has 2 heterocycles. The highest BCUT2D eigenvalue weighted by Crippen LogP contribution is 2.24. The van der Waals surface area contributed by atoms with E-state index in [1.54, 1.807) is 0 Å². The van der Waals surface area contributed by atoms with Crippen LogP contribution in [-0.2, 0) is 6.54 Å². The number of hydrogen-bond acceptors (Lipinski definition) is 3. The number of fused-ring (bicyclic) bond motifs is 3. The van der Waals surface area contributed by atoms with Gasteiger partial charge in [0.05, 0.1) is 23.6 Å². The molecule has 0 fully saturated rings. The van der Waals surface area contributed by atoms with Crippen molar-refractivity contribution >= 4 is 21.9 Å². The highest BCUT2D eigenvalue weighted by Gasteiger charge is 2.08. The number of nitrogens with zero attached hydrogens (tertiary/aromatic N) is 4. The van der Waals surface area contributed by atoms with Crippen LogP contribution < -0.4 is 0 Å². The van der Waals surface area contributed by atoms with Gasteiger partial charge in [-0.2, -0.15) is 0 Å². The molecular formula is C16H20N4. The standard InChI is InChI=1S/C16H20N4/c1-12-5-6-14-13(9-12)16-15(10-17-14)18-11-20(16)8-4-7-19(2)3/h5-6,9-11H,4,7-8H2,1-3H3. The molecule has 3 aromatic rings. The van der Waals surface area contributed by atoms with Crippen molar-refractivity contribution in [2.75, 3.05) is 20.6 Å². The van der Waals surface area contributed by atoms with Gasteiger partial charge in [0, 0.05) is 11.9 Å². The van der Waals surface area contributed by atoms with Crippen molar-refractivity contribution in [1.29, 1.82) is 0 Å². The first-order valence-corrected chi connectivity index (χ1v) is 7.00. The lowest BCUT2D eigenvalue weighted by molar-refractivity contribution is 0.388. The second-order valence-electron chi connectivity index (χ2n) is 5.61. The summed E-state index contributed by atoms with van der Waals surface area (Å²) >= 11 is 0. The lowest BCUT2D eigenvalue weighted by Gasteiger charge is -2.10. The fourth-order valence-corrected chi connectivity index (χ4v) is 2.59. The summed E-state index contributed by atoms with van der Waals surface area (Å²) in [4.78, 5) is 11.2. The minimum atomic E-state index is 0.980. The van der Waals surface area contributed by atoms with Gasteiger partial charge in [-0.1, -0.05) is 11.6 Å². The van der Waals surface area contributed by atoms with Gasteiger partial charge >= 0.3 is 0 Å². The number of imidazole rings is 1. The van der Waals surface area contributed by atoms with Crippen LogP contribution in [0.2, 0.25) is 0 Å². The molecule has 0 atom stereocenters. The second kappa shape index (κ2) is 5.21. The van der Waals surface area contributed by atoms with Gasteiger partial charge < -0.3 is 9.47 Å². The van der Waals surface area contributed by atoms with Crippen LogP contribution in [0, 0.1) is 6.92 Å². The van der Waals surface area contributed by atoms with Gasteiger partial charge in [0.2, 0.25) is 0 Å². The van der Waals surface area contributed by atoms with E-state index in [0.29, 0.717) is 0 Å². The molecule has 20 heavy (non-hydrogen) atoms. The third-order valence-electron chi connectivity index (χ3n) is 3.60. The Morgan fingerprint density at radius 3 is 2.80 bits per heavy atom. The summed E-state index contributed by atoms with van der Waals surface area (Å²) < 4.78 is 2.25. The van der Waals surface area contributed by atoms with Crippen molar-refractivity contribution in [3.05, 3.63) is 36.3 Å². The number of benzene rings is 1. The Labute approximate surface area is 119 Å². The minimum absolute atomic E-state index is 0.980. The van der Waals surface area contributed by atoms with Crippen LogP contribution in [0.3, 0.4) is 0 Å². The molecule has 0 aliphatic carbocycles. The number of hydrogen-bond donors (Lipinski definition) is 0. The first kappa shape index (κ1) is 13.1. The summed E-state index contributed by atoms with van der Waals surface area (Å²) in [6.07, 6.45) is 4.92. The van der Waals surface area contributed by atoms with Crippen molar-refractivity contribution < 1.29 is 0 Å². The first-order valence-electron chi connectivity index (χ1n) is 7.00. The number of aromatic nitrogens is 3. The summed E-state index contributed by atoms with van der Waals surface area (Å²) in [6, 6.07) is 6.39. The summed E-state index contributed by atoms with van der Waals surface area (Å²) in [5, 5.41) is 1.20. The van der Waals surface area contributed by atoms with E-state index in [0.717, 1.165) is 30.5 Å². The normalized spacial score (nSPS) is 11.8. The molecule has 0 aliphatic heterocycles. The summed E-state index contributed by atoms with van der Waals surface area (Å²) in [5.41, 5.74) is 4.48. The smallest absolute Gasteiger partial charge is 0.107 e. The van der Waals surface area contributed by atoms with Crippen molar-refractivity contribution in [2.45, 2.75) is 19.9 Å². The molecule has 0 unspecified atom stereocenters. The molecule has 0 spiro atoms. The fourth-order valence-electron chi connectivity index (χ4n) is 2.59. The van der Waals surface area contributed by atoms with Crippen LogP contribution >= 0.6 is 0 Å². The van der Waals surface area contributed by atoms with E-state index in [1.165, 1.54) is 16.5 Å². The van der Waals surface area contributed by atoms with Gasteiger partial charge in [-0.3, -0.25) is 4.98 Å². The molecule has 0 radical (unpaired) electrons. The Bertz CT molecular complexity index is 743. The molecule has 104 valence electrons. The summed E-state index contributed by atoms with van der Waals surface area (Å²) in [5.74, 6) is 0. The van der Waals surface area contributed by atoms with E-state index >= 15 is 0 Å². The molecular weight excluding hydrogens is 248 g/mol.